The van der Waals surface area contributed by atoms with Crippen molar-refractivity contribution in [1.82, 2.24) is 4.90 Å². The van der Waals surface area contributed by atoms with Crippen LogP contribution in [0, 0.1) is 0 Å². The molecule has 48 heavy (non-hydrogen) atoms. The predicted octanol–water partition coefficient (Wildman–Crippen LogP) is 9.52. The van der Waals surface area contributed by atoms with Crippen molar-refractivity contribution in [2.45, 2.75) is 26.6 Å². The number of likely N-dealkylation sites (N-methyl/N-ethyl adjacent to an activating group) is 1. The molecule has 1 amide bonds. The highest BCUT2D eigenvalue weighted by Gasteiger charge is 2.16. The maximum absolute atomic E-state index is 12.4. The highest BCUT2D eigenvalue weighted by Crippen LogP contribution is 2.39. The van der Waals surface area contributed by atoms with E-state index in [4.69, 9.17) is 18.5 Å². The molecule has 0 aromatic heterocycles. The highest BCUT2D eigenvalue weighted by molar-refractivity contribution is 7.41. The van der Waals surface area contributed by atoms with Gasteiger partial charge in [-0.3, -0.25) is 4.52 Å². The van der Waals surface area contributed by atoms with Crippen molar-refractivity contribution in [1.29, 1.82) is 0 Å². The number of hydrogen-bond acceptors (Lipinski definition) is 6. The third kappa shape index (κ3) is 10.0. The van der Waals surface area contributed by atoms with Crippen LogP contribution in [-0.2, 0) is 22.5 Å². The van der Waals surface area contributed by atoms with Gasteiger partial charge in [-0.15, -0.1) is 0 Å². The molecule has 0 aliphatic carbocycles. The van der Waals surface area contributed by atoms with Gasteiger partial charge in [0.25, 0.3) is 0 Å². The molecule has 7 nitrogen and oxygen atoms in total. The predicted molar refractivity (Wildman–Crippen MR) is 191 cm³/mol. The maximum Gasteiger partial charge on any atom is 0.409 e. The van der Waals surface area contributed by atoms with Crippen LogP contribution >= 0.6 is 8.60 Å². The summed E-state index contributed by atoms with van der Waals surface area (Å²) in [7, 11) is -0.387. The molecule has 0 fully saturated rings. The summed E-state index contributed by atoms with van der Waals surface area (Å²) in [6.45, 7) is 3.36. The summed E-state index contributed by atoms with van der Waals surface area (Å²) in [6.07, 6.45) is 0.421. The molecule has 0 heterocycles. The van der Waals surface area contributed by atoms with E-state index in [1.807, 2.05) is 115 Å². The first-order valence-corrected chi connectivity index (χ1v) is 17.0. The average Bonchev–Trinajstić information content (AvgIpc) is 3.14. The first-order chi connectivity index (χ1) is 23.5. The lowest BCUT2D eigenvalue weighted by molar-refractivity contribution is 0.0994. The molecule has 246 valence electrons. The summed E-state index contributed by atoms with van der Waals surface area (Å²) in [5.74, 6) is 1.23. The third-order valence-electron chi connectivity index (χ3n) is 7.64. The molecule has 0 aliphatic heterocycles. The Balaban J connectivity index is 1.25. The van der Waals surface area contributed by atoms with Gasteiger partial charge in [0, 0.05) is 7.05 Å². The van der Waals surface area contributed by atoms with E-state index in [-0.39, 0.29) is 13.2 Å². The van der Waals surface area contributed by atoms with Gasteiger partial charge in [-0.1, -0.05) is 122 Å². The third-order valence-corrected chi connectivity index (χ3v) is 8.36. The van der Waals surface area contributed by atoms with Gasteiger partial charge in [-0.2, -0.15) is 0 Å². The summed E-state index contributed by atoms with van der Waals surface area (Å²) in [4.78, 5) is 24.3. The lowest BCUT2D eigenvalue weighted by atomic mass is 9.88. The average molecular weight is 662 g/mol. The smallest absolute Gasteiger partial charge is 0.409 e. The zero-order valence-electron chi connectivity index (χ0n) is 27.2. The quantitative estimate of drug-likeness (QED) is 0.0890. The first-order valence-electron chi connectivity index (χ1n) is 15.9. The van der Waals surface area contributed by atoms with Crippen molar-refractivity contribution in [2.24, 2.45) is 0 Å². The van der Waals surface area contributed by atoms with Gasteiger partial charge in [-0.05, 0) is 69.6 Å². The first kappa shape index (κ1) is 34.4. The van der Waals surface area contributed by atoms with E-state index in [9.17, 15) is 9.69 Å². The van der Waals surface area contributed by atoms with Crippen molar-refractivity contribution in [3.05, 3.63) is 167 Å². The van der Waals surface area contributed by atoms with Gasteiger partial charge in [0.05, 0.1) is 13.2 Å². The van der Waals surface area contributed by atoms with Gasteiger partial charge >= 0.3 is 14.7 Å². The molecule has 5 aromatic carbocycles. The number of amides is 1. The highest BCUT2D eigenvalue weighted by atomic mass is 31.2. The molecule has 0 radical (unpaired) electrons. The molecular weight excluding hydrogens is 621 g/mol. The van der Waals surface area contributed by atoms with E-state index >= 15 is 0 Å². The Hall–Kier alpha value is -4.94. The summed E-state index contributed by atoms with van der Waals surface area (Å²) < 4.78 is 22.6. The van der Waals surface area contributed by atoms with Crippen molar-refractivity contribution in [3.63, 3.8) is 0 Å². The largest absolute Gasteiger partial charge is 0.492 e. The number of allylic oxidation sites excluding steroid dienone is 1. The lowest BCUT2D eigenvalue weighted by Crippen LogP contribution is -2.31. The second-order valence-corrected chi connectivity index (χ2v) is 11.9. The number of benzene rings is 5. The number of rotatable bonds is 15. The van der Waals surface area contributed by atoms with Crippen LogP contribution in [0.2, 0.25) is 0 Å². The second-order valence-electron chi connectivity index (χ2n) is 11.0. The van der Waals surface area contributed by atoms with Crippen LogP contribution in [0.5, 0.6) is 11.5 Å². The van der Waals surface area contributed by atoms with E-state index in [1.165, 1.54) is 10.5 Å². The zero-order valence-corrected chi connectivity index (χ0v) is 28.1. The summed E-state index contributed by atoms with van der Waals surface area (Å²) in [5.41, 5.74) is 7.39. The number of hydrogen-bond donors (Lipinski definition) is 1. The fourth-order valence-corrected chi connectivity index (χ4v) is 5.74. The molecule has 0 bridgehead atoms. The standard InChI is InChI=1S/C40H40NO6P/c1-3-38(33-17-11-6-12-18-33)39(35-21-25-37(26-22-35)47-48(43)46-30-32-15-9-5-10-16-32)34-19-23-36(24-20-34)44-28-27-41(2)40(42)45-29-31-13-7-4-8-14-31/h4-26,43H,3,27-30H2,1-2H3/b39-38+. The maximum atomic E-state index is 12.4. The summed E-state index contributed by atoms with van der Waals surface area (Å²) in [5, 5.41) is 0. The molecule has 0 aliphatic rings. The Kier molecular flexibility index (Phi) is 12.8. The Morgan fingerprint density at radius 3 is 1.75 bits per heavy atom. The lowest BCUT2D eigenvalue weighted by Gasteiger charge is -2.18. The fourth-order valence-electron chi connectivity index (χ4n) is 5.12. The minimum absolute atomic E-state index is 0.229. The van der Waals surface area contributed by atoms with Crippen LogP contribution in [0.15, 0.2) is 140 Å². The second kappa shape index (κ2) is 17.8. The molecule has 0 spiro atoms. The monoisotopic (exact) mass is 661 g/mol. The van der Waals surface area contributed by atoms with Crippen LogP contribution in [0.3, 0.4) is 0 Å². The molecule has 5 rings (SSSR count). The van der Waals surface area contributed by atoms with E-state index in [2.05, 4.69) is 31.2 Å². The molecule has 1 unspecified atom stereocenters. The van der Waals surface area contributed by atoms with Crippen molar-refractivity contribution >= 4 is 25.8 Å². The van der Waals surface area contributed by atoms with E-state index in [0.717, 1.165) is 39.8 Å². The molecule has 0 saturated heterocycles. The van der Waals surface area contributed by atoms with Gasteiger partial charge < -0.3 is 23.8 Å². The topological polar surface area (TPSA) is 77.5 Å². The Morgan fingerprint density at radius 1 is 0.667 bits per heavy atom. The van der Waals surface area contributed by atoms with Gasteiger partial charge in [-0.25, -0.2) is 4.79 Å². The van der Waals surface area contributed by atoms with E-state index < -0.39 is 14.7 Å². The van der Waals surface area contributed by atoms with Crippen LogP contribution in [0.1, 0.15) is 41.2 Å². The van der Waals surface area contributed by atoms with Crippen LogP contribution in [0.4, 0.5) is 4.79 Å². The minimum atomic E-state index is -2.08. The molecule has 8 heteroatoms. The normalized spacial score (nSPS) is 12.1. The van der Waals surface area contributed by atoms with Crippen molar-refractivity contribution in [2.75, 3.05) is 20.2 Å². The Morgan fingerprint density at radius 2 is 1.19 bits per heavy atom. The molecule has 0 saturated carbocycles. The minimum Gasteiger partial charge on any atom is -0.492 e. The molecule has 1 atom stereocenters. The zero-order chi connectivity index (χ0) is 33.6. The summed E-state index contributed by atoms with van der Waals surface area (Å²) in [6, 6.07) is 45.3. The number of carbonyl (C=O) groups is 1. The van der Waals surface area contributed by atoms with Crippen molar-refractivity contribution in [3.8, 4) is 11.5 Å². The van der Waals surface area contributed by atoms with E-state index in [1.54, 1.807) is 7.05 Å². The van der Waals surface area contributed by atoms with E-state index in [0.29, 0.717) is 24.7 Å². The van der Waals surface area contributed by atoms with Gasteiger partial charge in [0.1, 0.15) is 24.7 Å². The van der Waals surface area contributed by atoms with Crippen molar-refractivity contribution < 1.29 is 28.2 Å². The summed E-state index contributed by atoms with van der Waals surface area (Å²) >= 11 is 0. The van der Waals surface area contributed by atoms with Crippen LogP contribution in [0.25, 0.3) is 11.1 Å². The Labute approximate surface area is 284 Å². The fraction of sp³-hybridized carbons (Fsp3) is 0.175. The number of nitrogens with zero attached hydrogens (tertiary/aromatic N) is 1. The van der Waals surface area contributed by atoms with Crippen LogP contribution < -0.4 is 9.26 Å². The molecule has 1 N–H and O–H groups in total. The van der Waals surface area contributed by atoms with Gasteiger partial charge in [0.2, 0.25) is 0 Å². The van der Waals surface area contributed by atoms with Gasteiger partial charge in [0.15, 0.2) is 0 Å². The number of ether oxygens (including phenoxy) is 2. The molecular formula is C40H40NO6P. The Bertz CT molecular complexity index is 1730. The molecule has 5 aromatic rings. The van der Waals surface area contributed by atoms with Crippen LogP contribution in [-0.4, -0.2) is 36.1 Å². The number of carbonyl (C=O) groups excluding carboxylic acids is 1. The SMILES string of the molecule is CC/C(=C(/c1ccc(OCCN(C)C(=O)OCc2ccccc2)cc1)c1ccc(OP(O)OCc2ccccc2)cc1)c1ccccc1.